The molecule has 346 valence electrons. The third-order valence-electron chi connectivity index (χ3n) is 14.8. The molecule has 1 amide bonds. The minimum Gasteiger partial charge on any atom is -0.444 e. The maximum Gasteiger partial charge on any atom is 0.407 e. The lowest BCUT2D eigenvalue weighted by Crippen LogP contribution is -2.63. The molecule has 0 heterocycles. The number of amides is 1. The summed E-state index contributed by atoms with van der Waals surface area (Å²) < 4.78 is 25.7. The number of fused-ring (bicyclic) bond motifs is 5. The quantitative estimate of drug-likeness (QED) is 0.0297. The van der Waals surface area contributed by atoms with Crippen LogP contribution in [-0.2, 0) is 18.9 Å². The zero-order valence-corrected chi connectivity index (χ0v) is 38.4. The Morgan fingerprint density at radius 3 is 1.95 bits per heavy atom. The molecule has 0 bridgehead atoms. The van der Waals surface area contributed by atoms with E-state index in [0.29, 0.717) is 81.5 Å². The van der Waals surface area contributed by atoms with Crippen molar-refractivity contribution in [3.05, 3.63) is 31.3 Å². The van der Waals surface area contributed by atoms with Gasteiger partial charge in [-0.25, -0.2) is 4.79 Å². The normalized spacial score (nSPS) is 31.0. The zero-order chi connectivity index (χ0) is 44.1. The van der Waals surface area contributed by atoms with Gasteiger partial charge < -0.3 is 34.9 Å². The van der Waals surface area contributed by atoms with Gasteiger partial charge in [0, 0.05) is 66.1 Å². The predicted molar refractivity (Wildman–Crippen MR) is 239 cm³/mol. The van der Waals surface area contributed by atoms with Crippen LogP contribution >= 0.6 is 0 Å². The number of carbonyl (C=O) groups is 1. The smallest absolute Gasteiger partial charge is 0.407 e. The number of alkyl carbamates (subject to hydrolysis) is 1. The highest BCUT2D eigenvalue weighted by molar-refractivity contribution is 5.67. The van der Waals surface area contributed by atoms with E-state index in [-0.39, 0.29) is 35.2 Å². The van der Waals surface area contributed by atoms with E-state index in [0.717, 1.165) is 96.8 Å². The molecule has 0 spiro atoms. The highest BCUT2D eigenvalue weighted by atomic mass is 16.6. The number of hydrogen-bond donors (Lipinski definition) is 3. The summed E-state index contributed by atoms with van der Waals surface area (Å²) in [5.74, 6) is 2.94. The highest BCUT2D eigenvalue weighted by Gasteiger charge is 2.66. The monoisotopic (exact) mass is 857 g/mol. The third kappa shape index (κ3) is 15.1. The van der Waals surface area contributed by atoms with Crippen LogP contribution in [0.2, 0.25) is 0 Å². The minimum atomic E-state index is -0.482. The van der Waals surface area contributed by atoms with Crippen LogP contribution in [-0.4, -0.2) is 102 Å². The van der Waals surface area contributed by atoms with Crippen LogP contribution in [0.3, 0.4) is 0 Å². The van der Waals surface area contributed by atoms with Crippen molar-refractivity contribution in [1.29, 1.82) is 0 Å². The molecule has 4 rings (SSSR count). The summed E-state index contributed by atoms with van der Waals surface area (Å²) in [7, 11) is 0. The van der Waals surface area contributed by atoms with Gasteiger partial charge in [-0.1, -0.05) is 36.1 Å². The Bertz CT molecular complexity index is 1470. The van der Waals surface area contributed by atoms with Crippen LogP contribution in [0.5, 0.6) is 0 Å². The SMILES string of the molecule is C[C@H](CCCNCCCNCCCNC(=O)OC(C)(C)C)C1CC[C@H]2C3[C@H](OCCCN=[N+]=[N-])CC4C[C@H](OCCCN=[N+]=[N-])CC[C@]4(C)[C@H]3C[C@H](OCCCN=[N+]=[N-])[C@]12C. The summed E-state index contributed by atoms with van der Waals surface area (Å²) >= 11 is 0. The van der Waals surface area contributed by atoms with Crippen molar-refractivity contribution in [3.8, 4) is 0 Å². The van der Waals surface area contributed by atoms with Crippen LogP contribution in [0.25, 0.3) is 31.3 Å². The molecule has 4 aliphatic rings. The van der Waals surface area contributed by atoms with Gasteiger partial charge >= 0.3 is 6.09 Å². The fourth-order valence-electron chi connectivity index (χ4n) is 11.9. The number of rotatable bonds is 28. The molecule has 0 radical (unpaired) electrons. The maximum absolute atomic E-state index is 11.8. The van der Waals surface area contributed by atoms with E-state index in [4.69, 9.17) is 35.5 Å². The van der Waals surface area contributed by atoms with Gasteiger partial charge in [0.1, 0.15) is 5.60 Å². The fraction of sp³-hybridized carbons (Fsp3) is 0.977. The first-order valence-corrected chi connectivity index (χ1v) is 23.6. The van der Waals surface area contributed by atoms with Gasteiger partial charge in [0.2, 0.25) is 0 Å². The molecule has 3 unspecified atom stereocenters. The molecule has 17 heteroatoms. The largest absolute Gasteiger partial charge is 0.444 e. The van der Waals surface area contributed by atoms with Crippen LogP contribution in [0.1, 0.15) is 131 Å². The molecule has 3 N–H and O–H groups in total. The number of hydrogen-bond acceptors (Lipinski definition) is 10. The summed E-state index contributed by atoms with van der Waals surface area (Å²) in [5.41, 5.74) is 26.2. The molecule has 17 nitrogen and oxygen atoms in total. The zero-order valence-electron chi connectivity index (χ0n) is 38.4. The van der Waals surface area contributed by atoms with Crippen LogP contribution in [0.15, 0.2) is 15.3 Å². The lowest BCUT2D eigenvalue weighted by molar-refractivity contribution is -0.227. The Morgan fingerprint density at radius 1 is 0.738 bits per heavy atom. The summed E-state index contributed by atoms with van der Waals surface area (Å²) in [4.78, 5) is 20.6. The second-order valence-corrected chi connectivity index (χ2v) is 19.7. The summed E-state index contributed by atoms with van der Waals surface area (Å²) in [6.45, 7) is 20.7. The van der Waals surface area contributed by atoms with Gasteiger partial charge in [-0.15, -0.1) is 0 Å². The first kappa shape index (κ1) is 50.6. The number of ether oxygens (including phenoxy) is 4. The van der Waals surface area contributed by atoms with Crippen LogP contribution in [0.4, 0.5) is 4.79 Å². The fourth-order valence-corrected chi connectivity index (χ4v) is 11.9. The van der Waals surface area contributed by atoms with Crippen molar-refractivity contribution in [2.75, 3.05) is 72.2 Å². The van der Waals surface area contributed by atoms with E-state index < -0.39 is 5.60 Å². The number of nitrogens with zero attached hydrogens (tertiary/aromatic N) is 9. The van der Waals surface area contributed by atoms with Crippen molar-refractivity contribution >= 4 is 6.09 Å². The lowest BCUT2D eigenvalue weighted by atomic mass is 9.43. The molecule has 0 aliphatic heterocycles. The topological polar surface area (TPSA) is 236 Å². The van der Waals surface area contributed by atoms with E-state index in [1.807, 2.05) is 20.8 Å². The number of nitrogens with one attached hydrogen (secondary N) is 3. The van der Waals surface area contributed by atoms with Gasteiger partial charge in [0.15, 0.2) is 0 Å². The summed E-state index contributed by atoms with van der Waals surface area (Å²) in [6.07, 6.45) is 14.1. The van der Waals surface area contributed by atoms with E-state index in [1.165, 1.54) is 19.3 Å². The standard InChI is InChI=1S/C44H80N12O5/c1-32(13-7-18-48-19-8-20-49-21-9-22-50-41(57)61-42(2,3)4)35-14-15-36-40-37(31-39(44(35,36)6)60-28-12-25-53-56-47)43(5)17-16-34(58-26-10-23-51-54-45)29-33(43)30-38(40)59-27-11-24-52-55-46/h32-40,48-49H,7-31H2,1-6H3,(H,50,57)/t32-,33?,34-,35?,36+,37+,38-,39+,40?,43+,44-/m1/s1. The second kappa shape index (κ2) is 25.9. The van der Waals surface area contributed by atoms with Gasteiger partial charge in [-0.2, -0.15) is 0 Å². The Hall–Kier alpha value is -3.00. The molecule has 4 aliphatic carbocycles. The van der Waals surface area contributed by atoms with Gasteiger partial charge in [0.05, 0.1) is 18.3 Å². The van der Waals surface area contributed by atoms with Crippen molar-refractivity contribution in [3.63, 3.8) is 0 Å². The second-order valence-electron chi connectivity index (χ2n) is 19.7. The van der Waals surface area contributed by atoms with Gasteiger partial charge in [0.25, 0.3) is 0 Å². The molecular weight excluding hydrogens is 777 g/mol. The Kier molecular flexibility index (Phi) is 21.5. The Morgan fingerprint density at radius 2 is 1.33 bits per heavy atom. The average molecular weight is 857 g/mol. The molecule has 11 atom stereocenters. The first-order valence-electron chi connectivity index (χ1n) is 23.6. The molecule has 61 heavy (non-hydrogen) atoms. The maximum atomic E-state index is 11.8. The Balaban J connectivity index is 1.37. The van der Waals surface area contributed by atoms with Crippen molar-refractivity contribution < 1.29 is 23.7 Å². The lowest BCUT2D eigenvalue weighted by Gasteiger charge is -2.65. The average Bonchev–Trinajstić information content (AvgIpc) is 3.58. The molecule has 0 saturated heterocycles. The van der Waals surface area contributed by atoms with Crippen molar-refractivity contribution in [2.24, 2.45) is 61.7 Å². The van der Waals surface area contributed by atoms with Crippen LogP contribution in [0, 0.1) is 46.3 Å². The summed E-state index contributed by atoms with van der Waals surface area (Å²) in [5, 5.41) is 21.2. The molecule has 0 aromatic carbocycles. The van der Waals surface area contributed by atoms with Crippen molar-refractivity contribution in [1.82, 2.24) is 16.0 Å². The third-order valence-corrected chi connectivity index (χ3v) is 14.8. The van der Waals surface area contributed by atoms with Crippen LogP contribution < -0.4 is 16.0 Å². The van der Waals surface area contributed by atoms with Crippen molar-refractivity contribution in [2.45, 2.75) is 155 Å². The first-order chi connectivity index (χ1) is 29.4. The highest BCUT2D eigenvalue weighted by Crippen LogP contribution is 2.69. The molecular formula is C44H80N12O5. The van der Waals surface area contributed by atoms with E-state index in [9.17, 15) is 4.79 Å². The van der Waals surface area contributed by atoms with Gasteiger partial charge in [-0.05, 0) is 194 Å². The minimum absolute atomic E-state index is 0.00271. The van der Waals surface area contributed by atoms with E-state index in [1.54, 1.807) is 0 Å². The molecule has 4 fully saturated rings. The molecule has 4 saturated carbocycles. The van der Waals surface area contributed by atoms with Gasteiger partial charge in [-0.3, -0.25) is 0 Å². The molecule has 0 aromatic rings. The van der Waals surface area contributed by atoms with E-state index >= 15 is 0 Å². The number of azide groups is 3. The Labute approximate surface area is 365 Å². The summed E-state index contributed by atoms with van der Waals surface area (Å²) in [6, 6.07) is 0. The number of carbonyl (C=O) groups excluding carboxylic acids is 1. The predicted octanol–water partition coefficient (Wildman–Crippen LogP) is 10.0. The van der Waals surface area contributed by atoms with E-state index in [2.05, 4.69) is 66.8 Å². The molecule has 0 aromatic heterocycles.